The molecule has 0 spiro atoms. The van der Waals surface area contributed by atoms with Crippen molar-refractivity contribution in [2.45, 2.75) is 18.9 Å². The van der Waals surface area contributed by atoms with Crippen molar-refractivity contribution in [3.05, 3.63) is 84.2 Å². The third-order valence-electron chi connectivity index (χ3n) is 4.83. The summed E-state index contributed by atoms with van der Waals surface area (Å²) >= 11 is 0. The van der Waals surface area contributed by atoms with Crippen molar-refractivity contribution in [3.8, 4) is 17.2 Å². The Labute approximate surface area is 187 Å². The van der Waals surface area contributed by atoms with Crippen molar-refractivity contribution in [2.24, 2.45) is 0 Å². The molecule has 1 N–H and O–H groups in total. The lowest BCUT2D eigenvalue weighted by molar-refractivity contribution is 0.0915. The zero-order valence-corrected chi connectivity index (χ0v) is 18.4. The van der Waals surface area contributed by atoms with Crippen molar-refractivity contribution in [2.75, 3.05) is 21.3 Å². The van der Waals surface area contributed by atoms with Crippen molar-refractivity contribution in [1.29, 1.82) is 0 Å². The Kier molecular flexibility index (Phi) is 7.80. The SMILES string of the molecule is C=CCC(/C=C/c1ccco1)NC(=O)c1ccc(Cc2c(OC)cc(OC)cc2OC)o1. The van der Waals surface area contributed by atoms with E-state index >= 15 is 0 Å². The number of amides is 1. The fourth-order valence-electron chi connectivity index (χ4n) is 3.22. The third-order valence-corrected chi connectivity index (χ3v) is 4.83. The summed E-state index contributed by atoms with van der Waals surface area (Å²) < 4.78 is 27.4. The number of benzene rings is 1. The normalized spacial score (nSPS) is 11.8. The second-order valence-corrected chi connectivity index (χ2v) is 6.93. The predicted octanol–water partition coefficient (Wildman–Crippen LogP) is 4.88. The fourth-order valence-corrected chi connectivity index (χ4v) is 3.22. The average Bonchev–Trinajstić information content (AvgIpc) is 3.50. The molecule has 0 saturated carbocycles. The molecule has 0 bridgehead atoms. The first-order valence-corrected chi connectivity index (χ1v) is 10.1. The third kappa shape index (κ3) is 5.63. The first kappa shape index (κ1) is 22.8. The average molecular weight is 437 g/mol. The molecular formula is C25H27NO6. The van der Waals surface area contributed by atoms with Crippen LogP contribution in [0.5, 0.6) is 17.2 Å². The van der Waals surface area contributed by atoms with Crippen LogP contribution in [0.25, 0.3) is 6.08 Å². The molecule has 0 aliphatic carbocycles. The topological polar surface area (TPSA) is 83.1 Å². The summed E-state index contributed by atoms with van der Waals surface area (Å²) in [5, 5.41) is 2.94. The lowest BCUT2D eigenvalue weighted by Gasteiger charge is -2.14. The first-order chi connectivity index (χ1) is 15.6. The van der Waals surface area contributed by atoms with E-state index < -0.39 is 0 Å². The van der Waals surface area contributed by atoms with E-state index in [1.807, 2.05) is 18.2 Å². The molecule has 7 heteroatoms. The highest BCUT2D eigenvalue weighted by Gasteiger charge is 2.18. The smallest absolute Gasteiger partial charge is 0.287 e. The fraction of sp³-hybridized carbons (Fsp3) is 0.240. The largest absolute Gasteiger partial charge is 0.496 e. The van der Waals surface area contributed by atoms with Crippen LogP contribution in [0, 0.1) is 0 Å². The molecule has 0 radical (unpaired) electrons. The van der Waals surface area contributed by atoms with E-state index in [1.165, 1.54) is 0 Å². The van der Waals surface area contributed by atoms with Gasteiger partial charge in [0, 0.05) is 24.1 Å². The lowest BCUT2D eigenvalue weighted by atomic mass is 10.1. The Hall–Kier alpha value is -3.87. The van der Waals surface area contributed by atoms with Crippen LogP contribution >= 0.6 is 0 Å². The van der Waals surface area contributed by atoms with Gasteiger partial charge in [0.15, 0.2) is 5.76 Å². The van der Waals surface area contributed by atoms with Crippen molar-refractivity contribution < 1.29 is 27.8 Å². The number of furan rings is 2. The number of rotatable bonds is 11. The van der Waals surface area contributed by atoms with E-state index in [-0.39, 0.29) is 17.7 Å². The van der Waals surface area contributed by atoms with Gasteiger partial charge in [-0.15, -0.1) is 6.58 Å². The summed E-state index contributed by atoms with van der Waals surface area (Å²) in [6.45, 7) is 3.76. The van der Waals surface area contributed by atoms with Crippen molar-refractivity contribution >= 4 is 12.0 Å². The number of nitrogens with one attached hydrogen (secondary N) is 1. The van der Waals surface area contributed by atoms with Gasteiger partial charge in [0.25, 0.3) is 5.91 Å². The molecule has 2 heterocycles. The predicted molar refractivity (Wildman–Crippen MR) is 121 cm³/mol. The van der Waals surface area contributed by atoms with Crippen LogP contribution in [-0.4, -0.2) is 33.3 Å². The van der Waals surface area contributed by atoms with Crippen LogP contribution in [0.2, 0.25) is 0 Å². The number of carbonyl (C=O) groups excluding carboxylic acids is 1. The number of methoxy groups -OCH3 is 3. The molecule has 0 fully saturated rings. The molecule has 32 heavy (non-hydrogen) atoms. The zero-order valence-electron chi connectivity index (χ0n) is 18.4. The maximum absolute atomic E-state index is 12.7. The molecule has 0 aliphatic heterocycles. The Balaban J connectivity index is 1.73. The molecule has 1 atom stereocenters. The second-order valence-electron chi connectivity index (χ2n) is 6.93. The molecule has 2 aromatic heterocycles. The van der Waals surface area contributed by atoms with Gasteiger partial charge >= 0.3 is 0 Å². The van der Waals surface area contributed by atoms with Gasteiger partial charge in [-0.2, -0.15) is 0 Å². The van der Waals surface area contributed by atoms with Gasteiger partial charge in [-0.3, -0.25) is 4.79 Å². The van der Waals surface area contributed by atoms with Crippen molar-refractivity contribution in [3.63, 3.8) is 0 Å². The molecule has 168 valence electrons. The quantitative estimate of drug-likeness (QED) is 0.431. The van der Waals surface area contributed by atoms with E-state index in [0.717, 1.165) is 5.56 Å². The van der Waals surface area contributed by atoms with Crippen LogP contribution in [0.4, 0.5) is 0 Å². The minimum atomic E-state index is -0.319. The molecule has 3 aromatic rings. The van der Waals surface area contributed by atoms with E-state index in [9.17, 15) is 4.79 Å². The maximum Gasteiger partial charge on any atom is 0.287 e. The van der Waals surface area contributed by atoms with Crippen LogP contribution in [-0.2, 0) is 6.42 Å². The highest BCUT2D eigenvalue weighted by Crippen LogP contribution is 2.35. The zero-order chi connectivity index (χ0) is 22.9. The monoisotopic (exact) mass is 437 g/mol. The van der Waals surface area contributed by atoms with E-state index in [2.05, 4.69) is 11.9 Å². The minimum Gasteiger partial charge on any atom is -0.496 e. The Bertz CT molecular complexity index is 1040. The number of carbonyl (C=O) groups is 1. The van der Waals surface area contributed by atoms with Crippen LogP contribution in [0.1, 0.15) is 34.1 Å². The second kappa shape index (κ2) is 10.9. The molecule has 7 nitrogen and oxygen atoms in total. The minimum absolute atomic E-state index is 0.215. The molecule has 1 aromatic carbocycles. The first-order valence-electron chi connectivity index (χ1n) is 10.1. The van der Waals surface area contributed by atoms with Gasteiger partial charge in [0.1, 0.15) is 28.8 Å². The van der Waals surface area contributed by atoms with Gasteiger partial charge < -0.3 is 28.4 Å². The Morgan fingerprint density at radius 1 is 1.12 bits per heavy atom. The highest BCUT2D eigenvalue weighted by atomic mass is 16.5. The molecule has 3 rings (SSSR count). The number of ether oxygens (including phenoxy) is 3. The summed E-state index contributed by atoms with van der Waals surface area (Å²) in [4.78, 5) is 12.7. The van der Waals surface area contributed by atoms with E-state index in [0.29, 0.717) is 41.6 Å². The molecule has 0 aliphatic rings. The van der Waals surface area contributed by atoms with Gasteiger partial charge in [-0.25, -0.2) is 0 Å². The van der Waals surface area contributed by atoms with Gasteiger partial charge in [0.05, 0.1) is 33.6 Å². The number of hydrogen-bond acceptors (Lipinski definition) is 6. The van der Waals surface area contributed by atoms with Gasteiger partial charge in [-0.05, 0) is 36.8 Å². The summed E-state index contributed by atoms with van der Waals surface area (Å²) in [6, 6.07) is 10.4. The standard InChI is InChI=1S/C25H27NO6/c1-5-7-17(9-10-18-8-6-13-31-18)26-25(27)22-12-11-19(32-22)14-21-23(29-3)15-20(28-2)16-24(21)30-4/h5-6,8-13,15-17H,1,7,14H2,2-4H3,(H,26,27)/b10-9+. The van der Waals surface area contributed by atoms with E-state index in [1.54, 1.807) is 64.0 Å². The Morgan fingerprint density at radius 2 is 1.88 bits per heavy atom. The molecular weight excluding hydrogens is 410 g/mol. The molecule has 0 saturated heterocycles. The van der Waals surface area contributed by atoms with Crippen LogP contribution < -0.4 is 19.5 Å². The molecule has 1 amide bonds. The summed E-state index contributed by atoms with van der Waals surface area (Å²) in [5.74, 6) is 3.04. The van der Waals surface area contributed by atoms with E-state index in [4.69, 9.17) is 23.0 Å². The molecule has 1 unspecified atom stereocenters. The summed E-state index contributed by atoms with van der Waals surface area (Å²) in [5.41, 5.74) is 0.794. The van der Waals surface area contributed by atoms with Crippen LogP contribution in [0.3, 0.4) is 0 Å². The van der Waals surface area contributed by atoms with Gasteiger partial charge in [-0.1, -0.05) is 12.2 Å². The Morgan fingerprint density at radius 3 is 2.47 bits per heavy atom. The number of hydrogen-bond donors (Lipinski definition) is 1. The summed E-state index contributed by atoms with van der Waals surface area (Å²) in [7, 11) is 4.73. The van der Waals surface area contributed by atoms with Crippen LogP contribution in [0.15, 0.2) is 70.2 Å². The van der Waals surface area contributed by atoms with Crippen molar-refractivity contribution in [1.82, 2.24) is 5.32 Å². The lowest BCUT2D eigenvalue weighted by Crippen LogP contribution is -2.32. The maximum atomic E-state index is 12.7. The van der Waals surface area contributed by atoms with Gasteiger partial charge in [0.2, 0.25) is 0 Å². The highest BCUT2D eigenvalue weighted by molar-refractivity contribution is 5.91. The summed E-state index contributed by atoms with van der Waals surface area (Å²) in [6.07, 6.45) is 7.96.